The lowest BCUT2D eigenvalue weighted by Crippen LogP contribution is -2.07. The molecule has 0 aromatic heterocycles. The Bertz CT molecular complexity index is 544. The van der Waals surface area contributed by atoms with Crippen LogP contribution in [0.25, 0.3) is 0 Å². The summed E-state index contributed by atoms with van der Waals surface area (Å²) < 4.78 is 0. The highest BCUT2D eigenvalue weighted by Crippen LogP contribution is 2.24. The third-order valence-corrected chi connectivity index (χ3v) is 4.70. The minimum Gasteiger partial charge on any atom is -0.481 e. The maximum absolute atomic E-state index is 11.2. The lowest BCUT2D eigenvalue weighted by atomic mass is 9.91. The molecule has 2 heteroatoms. The van der Waals surface area contributed by atoms with Crippen LogP contribution in [0, 0.1) is 11.8 Å². The predicted octanol–water partition coefficient (Wildman–Crippen LogP) is 6.46. The Balaban J connectivity index is 3.08. The van der Waals surface area contributed by atoms with E-state index in [0.717, 1.165) is 32.1 Å². The summed E-state index contributed by atoms with van der Waals surface area (Å²) in [6, 6.07) is 0. The van der Waals surface area contributed by atoms with Crippen molar-refractivity contribution in [2.75, 3.05) is 0 Å². The van der Waals surface area contributed by atoms with Crippen molar-refractivity contribution in [3.05, 3.63) is 46.6 Å². The molecular weight excluding hydrogens is 296 g/mol. The molecule has 1 rings (SSSR count). The summed E-state index contributed by atoms with van der Waals surface area (Å²) in [5.74, 6) is -0.0819. The quantitative estimate of drug-likeness (QED) is 0.603. The summed E-state index contributed by atoms with van der Waals surface area (Å²) in [5.41, 5.74) is 5.48. The molecule has 0 amide bonds. The van der Waals surface area contributed by atoms with E-state index in [1.165, 1.54) is 22.3 Å². The Labute approximate surface area is 148 Å². The summed E-state index contributed by atoms with van der Waals surface area (Å²) in [4.78, 5) is 11.2. The van der Waals surface area contributed by atoms with E-state index in [2.05, 4.69) is 58.9 Å². The SMILES string of the molecule is C/C1=C/CC/C(C)=C/[C@H](CC(=O)O)C/C(C)=C\C=C(/C(C)C)CC1. The van der Waals surface area contributed by atoms with Crippen molar-refractivity contribution < 1.29 is 9.90 Å². The molecule has 0 bridgehead atoms. The number of carboxylic acid groups (broad SMARTS) is 1. The van der Waals surface area contributed by atoms with Gasteiger partial charge in [0, 0.05) is 0 Å². The molecule has 1 aliphatic rings. The highest BCUT2D eigenvalue weighted by atomic mass is 16.4. The van der Waals surface area contributed by atoms with Gasteiger partial charge in [-0.2, -0.15) is 0 Å². The highest BCUT2D eigenvalue weighted by Gasteiger charge is 2.12. The van der Waals surface area contributed by atoms with E-state index < -0.39 is 5.97 Å². The Morgan fingerprint density at radius 3 is 2.42 bits per heavy atom. The minimum atomic E-state index is -0.716. The van der Waals surface area contributed by atoms with Crippen molar-refractivity contribution in [3.63, 3.8) is 0 Å². The number of allylic oxidation sites excluding steroid dienone is 8. The van der Waals surface area contributed by atoms with Gasteiger partial charge in [0.05, 0.1) is 6.42 Å². The second-order valence-corrected chi connectivity index (χ2v) is 7.57. The van der Waals surface area contributed by atoms with Crippen LogP contribution in [0.1, 0.15) is 73.1 Å². The summed E-state index contributed by atoms with van der Waals surface area (Å²) in [6.07, 6.45) is 14.3. The van der Waals surface area contributed by atoms with Gasteiger partial charge in [-0.3, -0.25) is 4.79 Å². The molecule has 0 fully saturated rings. The lowest BCUT2D eigenvalue weighted by molar-refractivity contribution is -0.137. The number of aliphatic carboxylic acids is 1. The van der Waals surface area contributed by atoms with Crippen molar-refractivity contribution in [1.29, 1.82) is 0 Å². The van der Waals surface area contributed by atoms with Gasteiger partial charge in [0.25, 0.3) is 0 Å². The summed E-state index contributed by atoms with van der Waals surface area (Å²) in [6.45, 7) is 11.0. The van der Waals surface area contributed by atoms with Crippen LogP contribution in [-0.2, 0) is 4.79 Å². The molecule has 1 atom stereocenters. The maximum Gasteiger partial charge on any atom is 0.303 e. The number of carboxylic acids is 1. The molecular formula is C22H34O2. The van der Waals surface area contributed by atoms with Gasteiger partial charge in [-0.15, -0.1) is 0 Å². The molecule has 0 aromatic rings. The molecule has 0 saturated carbocycles. The van der Waals surface area contributed by atoms with Crippen LogP contribution in [-0.4, -0.2) is 11.1 Å². The van der Waals surface area contributed by atoms with Crippen LogP contribution in [0.3, 0.4) is 0 Å². The maximum atomic E-state index is 11.2. The highest BCUT2D eigenvalue weighted by molar-refractivity contribution is 5.67. The molecule has 2 nitrogen and oxygen atoms in total. The number of hydrogen-bond donors (Lipinski definition) is 1. The third kappa shape index (κ3) is 8.33. The first-order valence-electron chi connectivity index (χ1n) is 9.18. The van der Waals surface area contributed by atoms with Gasteiger partial charge < -0.3 is 5.11 Å². The molecule has 0 saturated heterocycles. The molecule has 0 aromatic carbocycles. The molecule has 0 heterocycles. The van der Waals surface area contributed by atoms with Crippen molar-refractivity contribution in [3.8, 4) is 0 Å². The van der Waals surface area contributed by atoms with Crippen LogP contribution in [0.4, 0.5) is 0 Å². The van der Waals surface area contributed by atoms with Crippen LogP contribution < -0.4 is 0 Å². The van der Waals surface area contributed by atoms with Crippen LogP contribution in [0.5, 0.6) is 0 Å². The number of rotatable bonds is 3. The molecule has 1 N–H and O–H groups in total. The third-order valence-electron chi connectivity index (χ3n) is 4.70. The number of hydrogen-bond acceptors (Lipinski definition) is 1. The van der Waals surface area contributed by atoms with E-state index in [1.54, 1.807) is 0 Å². The molecule has 134 valence electrons. The van der Waals surface area contributed by atoms with Crippen LogP contribution >= 0.6 is 0 Å². The van der Waals surface area contributed by atoms with Gasteiger partial charge in [0.1, 0.15) is 0 Å². The number of carbonyl (C=O) groups is 1. The largest absolute Gasteiger partial charge is 0.481 e. The monoisotopic (exact) mass is 330 g/mol. The molecule has 0 aliphatic heterocycles. The Morgan fingerprint density at radius 1 is 1.08 bits per heavy atom. The second kappa shape index (κ2) is 10.3. The summed E-state index contributed by atoms with van der Waals surface area (Å²) in [7, 11) is 0. The topological polar surface area (TPSA) is 37.3 Å². The van der Waals surface area contributed by atoms with E-state index in [-0.39, 0.29) is 12.3 Å². The first-order valence-corrected chi connectivity index (χ1v) is 9.18. The summed E-state index contributed by atoms with van der Waals surface area (Å²) in [5, 5.41) is 9.19. The van der Waals surface area contributed by atoms with E-state index in [9.17, 15) is 9.90 Å². The van der Waals surface area contributed by atoms with Gasteiger partial charge in [0.2, 0.25) is 0 Å². The Hall–Kier alpha value is -1.57. The average Bonchev–Trinajstić information content (AvgIpc) is 2.45. The fraction of sp³-hybridized carbons (Fsp3) is 0.591. The smallest absolute Gasteiger partial charge is 0.303 e. The van der Waals surface area contributed by atoms with E-state index in [0.29, 0.717) is 5.92 Å². The fourth-order valence-electron chi connectivity index (χ4n) is 3.19. The standard InChI is InChI=1S/C22H34O2/c1-16(2)21-11-9-17(3)7-6-8-18(4)13-20(15-22(23)24)14-19(5)10-12-21/h7,10,12-13,16,20H,6,8-9,11,14-15H2,1-5H3,(H,23,24)/b17-7-,18-13+,19-10-,21-12-/t20-/m0/s1. The molecule has 0 unspecified atom stereocenters. The normalized spacial score (nSPS) is 30.0. The first-order chi connectivity index (χ1) is 11.3. The predicted molar refractivity (Wildman–Crippen MR) is 103 cm³/mol. The first kappa shape index (κ1) is 20.5. The zero-order valence-corrected chi connectivity index (χ0v) is 16.1. The average molecular weight is 331 g/mol. The Kier molecular flexibility index (Phi) is 8.81. The van der Waals surface area contributed by atoms with Gasteiger partial charge in [-0.1, -0.05) is 60.4 Å². The molecule has 0 radical (unpaired) electrons. The molecule has 0 spiro atoms. The van der Waals surface area contributed by atoms with Gasteiger partial charge in [0.15, 0.2) is 0 Å². The molecule has 1 aliphatic carbocycles. The van der Waals surface area contributed by atoms with Crippen LogP contribution in [0.15, 0.2) is 46.6 Å². The van der Waals surface area contributed by atoms with Crippen molar-refractivity contribution >= 4 is 5.97 Å². The van der Waals surface area contributed by atoms with Gasteiger partial charge in [-0.05, 0) is 64.7 Å². The zero-order valence-electron chi connectivity index (χ0n) is 16.1. The van der Waals surface area contributed by atoms with Gasteiger partial charge >= 0.3 is 5.97 Å². The van der Waals surface area contributed by atoms with Gasteiger partial charge in [-0.25, -0.2) is 0 Å². The molecule has 24 heavy (non-hydrogen) atoms. The summed E-state index contributed by atoms with van der Waals surface area (Å²) >= 11 is 0. The van der Waals surface area contributed by atoms with Crippen molar-refractivity contribution in [2.45, 2.75) is 73.1 Å². The Morgan fingerprint density at radius 2 is 1.79 bits per heavy atom. The van der Waals surface area contributed by atoms with E-state index >= 15 is 0 Å². The van der Waals surface area contributed by atoms with Crippen molar-refractivity contribution in [2.24, 2.45) is 11.8 Å². The fourth-order valence-corrected chi connectivity index (χ4v) is 3.19. The van der Waals surface area contributed by atoms with Crippen molar-refractivity contribution in [1.82, 2.24) is 0 Å². The van der Waals surface area contributed by atoms with E-state index in [1.807, 2.05) is 0 Å². The zero-order chi connectivity index (χ0) is 18.1. The minimum absolute atomic E-state index is 0.0858. The van der Waals surface area contributed by atoms with Crippen LogP contribution in [0.2, 0.25) is 0 Å². The lowest BCUT2D eigenvalue weighted by Gasteiger charge is -2.15. The van der Waals surface area contributed by atoms with E-state index in [4.69, 9.17) is 0 Å². The second-order valence-electron chi connectivity index (χ2n) is 7.57.